The number of hydrogen-bond donors (Lipinski definition) is 4. The predicted octanol–water partition coefficient (Wildman–Crippen LogP) is -0.459. The molecule has 0 aliphatic carbocycles. The van der Waals surface area contributed by atoms with Gasteiger partial charge in [0.05, 0.1) is 18.6 Å². The van der Waals surface area contributed by atoms with Crippen LogP contribution in [0.5, 0.6) is 0 Å². The van der Waals surface area contributed by atoms with Gasteiger partial charge >= 0.3 is 23.5 Å². The van der Waals surface area contributed by atoms with Crippen molar-refractivity contribution in [3.8, 4) is 0 Å². The molecule has 0 unspecified atom stereocenters. The Kier molecular flexibility index (Phi) is 8.90. The highest BCUT2D eigenvalue weighted by Gasteiger charge is 2.50. The van der Waals surface area contributed by atoms with Crippen molar-refractivity contribution in [2.75, 3.05) is 18.5 Å². The van der Waals surface area contributed by atoms with Gasteiger partial charge in [-0.05, 0) is 33.3 Å². The third kappa shape index (κ3) is 7.15. The fourth-order valence-corrected chi connectivity index (χ4v) is 2.08. The highest BCUT2D eigenvalue weighted by molar-refractivity contribution is 5.90. The molecule has 2 atom stereocenters. The van der Waals surface area contributed by atoms with Gasteiger partial charge in [0.15, 0.2) is 6.10 Å². The fourth-order valence-electron chi connectivity index (χ4n) is 2.08. The number of hydrogen-bond acceptors (Lipinski definition) is 9. The Morgan fingerprint density at radius 2 is 1.87 bits per heavy atom. The van der Waals surface area contributed by atoms with Crippen molar-refractivity contribution in [3.05, 3.63) is 22.7 Å². The molecule has 0 aromatic carbocycles. The third-order valence-electron chi connectivity index (χ3n) is 3.89. The van der Waals surface area contributed by atoms with Crippen LogP contribution in [0.25, 0.3) is 0 Å². The summed E-state index contributed by atoms with van der Waals surface area (Å²) in [7, 11) is 0. The van der Waals surface area contributed by atoms with Crippen LogP contribution >= 0.6 is 0 Å². The van der Waals surface area contributed by atoms with E-state index in [1.54, 1.807) is 20.8 Å². The van der Waals surface area contributed by atoms with E-state index in [9.17, 15) is 33.1 Å². The predicted molar refractivity (Wildman–Crippen MR) is 101 cm³/mol. The lowest BCUT2D eigenvalue weighted by Gasteiger charge is -2.24. The van der Waals surface area contributed by atoms with Gasteiger partial charge in [-0.15, -0.1) is 0 Å². The van der Waals surface area contributed by atoms with Gasteiger partial charge in [-0.3, -0.25) is 14.4 Å². The van der Waals surface area contributed by atoms with Crippen LogP contribution in [0, 0.1) is 5.41 Å². The fraction of sp³-hybridized carbons (Fsp3) is 0.611. The van der Waals surface area contributed by atoms with Gasteiger partial charge < -0.3 is 25.4 Å². The zero-order chi connectivity index (χ0) is 24.0. The Morgan fingerprint density at radius 3 is 2.39 bits per heavy atom. The summed E-state index contributed by atoms with van der Waals surface area (Å²) in [5, 5.41) is 29.3. The van der Waals surface area contributed by atoms with Crippen LogP contribution in [0.3, 0.4) is 0 Å². The average molecular weight is 449 g/mol. The number of alkyl halides is 2. The van der Waals surface area contributed by atoms with E-state index in [2.05, 4.69) is 10.3 Å². The van der Waals surface area contributed by atoms with Crippen molar-refractivity contribution in [2.24, 2.45) is 5.41 Å². The molecule has 174 valence electrons. The highest BCUT2D eigenvalue weighted by Crippen LogP contribution is 2.23. The van der Waals surface area contributed by atoms with Crippen molar-refractivity contribution in [1.82, 2.24) is 9.55 Å². The Bertz CT molecular complexity index is 866. The minimum Gasteiger partial charge on any atom is -0.465 e. The number of rotatable bonds is 9. The molecule has 13 heteroatoms. The SMILES string of the molecule is CC(C)(C)C(=O)OCCCC(=O)Nc1ccn(C(=O)C(F)(F)[C@H](O)[C@H](O)CO)c(=O)n1. The number of nitrogens with one attached hydrogen (secondary N) is 1. The minimum absolute atomic E-state index is 0.00977. The number of amides is 1. The van der Waals surface area contributed by atoms with Crippen LogP contribution in [0.2, 0.25) is 0 Å². The second-order valence-corrected chi connectivity index (χ2v) is 7.63. The lowest BCUT2D eigenvalue weighted by molar-refractivity contribution is -0.153. The zero-order valence-corrected chi connectivity index (χ0v) is 17.2. The lowest BCUT2D eigenvalue weighted by Crippen LogP contribution is -2.53. The van der Waals surface area contributed by atoms with Crippen LogP contribution in [0.15, 0.2) is 17.1 Å². The van der Waals surface area contributed by atoms with E-state index in [0.717, 1.165) is 6.07 Å². The number of carbonyl (C=O) groups excluding carboxylic acids is 3. The maximum Gasteiger partial charge on any atom is 0.356 e. The summed E-state index contributed by atoms with van der Waals surface area (Å²) < 4.78 is 32.8. The molecule has 0 saturated heterocycles. The first-order valence-electron chi connectivity index (χ1n) is 9.18. The lowest BCUT2D eigenvalue weighted by atomic mass is 9.97. The Labute approximate surface area is 175 Å². The number of ether oxygens (including phenoxy) is 1. The van der Waals surface area contributed by atoms with Crippen molar-refractivity contribution in [2.45, 2.75) is 51.7 Å². The van der Waals surface area contributed by atoms with Crippen LogP contribution in [0.1, 0.15) is 38.4 Å². The summed E-state index contributed by atoms with van der Waals surface area (Å²) >= 11 is 0. The molecule has 1 heterocycles. The summed E-state index contributed by atoms with van der Waals surface area (Å²) in [6, 6.07) is 0.905. The molecule has 0 fully saturated rings. The molecular formula is C18H25F2N3O8. The van der Waals surface area contributed by atoms with Gasteiger partial charge in [0, 0.05) is 12.6 Å². The average Bonchev–Trinajstić information content (AvgIpc) is 2.68. The summed E-state index contributed by atoms with van der Waals surface area (Å²) in [4.78, 5) is 50.5. The Balaban J connectivity index is 2.72. The van der Waals surface area contributed by atoms with E-state index in [0.29, 0.717) is 6.20 Å². The molecule has 0 spiro atoms. The molecule has 11 nitrogen and oxygen atoms in total. The number of halogens is 2. The van der Waals surface area contributed by atoms with Crippen molar-refractivity contribution in [1.29, 1.82) is 0 Å². The summed E-state index contributed by atoms with van der Waals surface area (Å²) in [5.41, 5.74) is -2.15. The third-order valence-corrected chi connectivity index (χ3v) is 3.89. The largest absolute Gasteiger partial charge is 0.465 e. The number of aromatic nitrogens is 2. The molecular weight excluding hydrogens is 424 g/mol. The van der Waals surface area contributed by atoms with E-state index in [1.807, 2.05) is 0 Å². The quantitative estimate of drug-likeness (QED) is 0.288. The van der Waals surface area contributed by atoms with Crippen LogP contribution in [-0.4, -0.2) is 74.0 Å². The smallest absolute Gasteiger partial charge is 0.356 e. The first-order chi connectivity index (χ1) is 14.2. The van der Waals surface area contributed by atoms with Crippen LogP contribution in [0.4, 0.5) is 14.6 Å². The van der Waals surface area contributed by atoms with Gasteiger partial charge in [0.1, 0.15) is 11.9 Å². The molecule has 0 bridgehead atoms. The second-order valence-electron chi connectivity index (χ2n) is 7.63. The van der Waals surface area contributed by atoms with Gasteiger partial charge in [-0.2, -0.15) is 13.8 Å². The maximum absolute atomic E-state index is 14.0. The summed E-state index contributed by atoms with van der Waals surface area (Å²) in [5.74, 6) is -8.12. The van der Waals surface area contributed by atoms with Crippen molar-refractivity contribution < 1.29 is 43.2 Å². The summed E-state index contributed by atoms with van der Waals surface area (Å²) in [6.45, 7) is 3.77. The molecule has 0 saturated carbocycles. The number of aliphatic hydroxyl groups is 3. The molecule has 1 amide bonds. The van der Waals surface area contributed by atoms with E-state index in [4.69, 9.17) is 14.9 Å². The van der Waals surface area contributed by atoms with E-state index in [1.165, 1.54) is 0 Å². The van der Waals surface area contributed by atoms with Gasteiger partial charge in [-0.1, -0.05) is 0 Å². The molecule has 1 aromatic rings. The number of esters is 1. The van der Waals surface area contributed by atoms with Gasteiger partial charge in [0.2, 0.25) is 5.91 Å². The van der Waals surface area contributed by atoms with Crippen LogP contribution < -0.4 is 11.0 Å². The zero-order valence-electron chi connectivity index (χ0n) is 17.2. The maximum atomic E-state index is 14.0. The van der Waals surface area contributed by atoms with Crippen LogP contribution in [-0.2, 0) is 14.3 Å². The highest BCUT2D eigenvalue weighted by atomic mass is 19.3. The molecule has 0 aliphatic heterocycles. The molecule has 0 radical (unpaired) electrons. The van der Waals surface area contributed by atoms with Gasteiger partial charge in [-0.25, -0.2) is 9.36 Å². The van der Waals surface area contributed by atoms with Crippen molar-refractivity contribution >= 4 is 23.6 Å². The Hall–Kier alpha value is -2.77. The summed E-state index contributed by atoms with van der Waals surface area (Å²) in [6.07, 6.45) is -4.57. The van der Waals surface area contributed by atoms with Crippen molar-refractivity contribution in [3.63, 3.8) is 0 Å². The molecule has 0 aliphatic rings. The number of aliphatic hydroxyl groups excluding tert-OH is 3. The normalized spacial score (nSPS) is 13.9. The first kappa shape index (κ1) is 26.3. The minimum atomic E-state index is -4.59. The van der Waals surface area contributed by atoms with Gasteiger partial charge in [0.25, 0.3) is 0 Å². The first-order valence-corrected chi connectivity index (χ1v) is 9.18. The number of anilines is 1. The topological polar surface area (TPSA) is 168 Å². The molecule has 1 rings (SSSR count). The number of carbonyl (C=O) groups is 3. The standard InChI is InChI=1S/C18H25F2N3O8/c1-17(2,3)15(29)31-8-4-5-12(26)21-11-6-7-23(16(30)22-11)14(28)18(19,20)13(27)10(25)9-24/h6-7,10,13,24-25,27H,4-5,8-9H2,1-3H3,(H,21,22,26,30)/t10-,13-/m1/s1. The second kappa shape index (κ2) is 10.5. The molecule has 4 N–H and O–H groups in total. The van der Waals surface area contributed by atoms with E-state index < -0.39 is 53.6 Å². The van der Waals surface area contributed by atoms with E-state index in [-0.39, 0.29) is 29.8 Å². The molecule has 31 heavy (non-hydrogen) atoms. The van der Waals surface area contributed by atoms with E-state index >= 15 is 0 Å². The molecule has 1 aromatic heterocycles. The number of nitrogens with zero attached hydrogens (tertiary/aromatic N) is 2. The monoisotopic (exact) mass is 449 g/mol. The Morgan fingerprint density at radius 1 is 1.26 bits per heavy atom.